The molecule has 0 aromatic rings. The van der Waals surface area contributed by atoms with Crippen molar-refractivity contribution >= 4 is 18.3 Å². The van der Waals surface area contributed by atoms with E-state index < -0.39 is 0 Å². The van der Waals surface area contributed by atoms with Gasteiger partial charge in [-0.2, -0.15) is 0 Å². The van der Waals surface area contributed by atoms with Crippen molar-refractivity contribution in [3.8, 4) is 0 Å². The first-order chi connectivity index (χ1) is 7.82. The lowest BCUT2D eigenvalue weighted by Crippen LogP contribution is -2.45. The van der Waals surface area contributed by atoms with Crippen molar-refractivity contribution in [1.82, 2.24) is 10.2 Å². The SMILES string of the molecule is CNC1CCN(C(=O)C2C(C)(C)C2(C)C)CC1.Cl. The lowest BCUT2D eigenvalue weighted by Gasteiger charge is -2.32. The largest absolute Gasteiger partial charge is 0.342 e. The highest BCUT2D eigenvalue weighted by atomic mass is 35.5. The van der Waals surface area contributed by atoms with Crippen LogP contribution in [0.4, 0.5) is 0 Å². The van der Waals surface area contributed by atoms with E-state index in [-0.39, 0.29) is 29.2 Å². The Morgan fingerprint density at radius 1 is 1.11 bits per heavy atom. The first kappa shape index (κ1) is 15.8. The monoisotopic (exact) mass is 274 g/mol. The van der Waals surface area contributed by atoms with Gasteiger partial charge >= 0.3 is 0 Å². The number of hydrogen-bond donors (Lipinski definition) is 1. The zero-order valence-corrected chi connectivity index (χ0v) is 13.1. The summed E-state index contributed by atoms with van der Waals surface area (Å²) in [5, 5.41) is 3.30. The summed E-state index contributed by atoms with van der Waals surface area (Å²) >= 11 is 0. The molecular weight excluding hydrogens is 248 g/mol. The molecule has 1 N–H and O–H groups in total. The molecule has 1 saturated heterocycles. The molecule has 2 fully saturated rings. The van der Waals surface area contributed by atoms with Crippen LogP contribution < -0.4 is 5.32 Å². The number of piperidine rings is 1. The summed E-state index contributed by atoms with van der Waals surface area (Å²) in [4.78, 5) is 14.6. The molecule has 0 aromatic carbocycles. The standard InChI is InChI=1S/C14H26N2O.ClH/c1-13(2)11(14(13,3)4)12(17)16-8-6-10(15-5)7-9-16;/h10-11,15H,6-9H2,1-5H3;1H. The molecule has 3 nitrogen and oxygen atoms in total. The minimum absolute atomic E-state index is 0. The van der Waals surface area contributed by atoms with Crippen molar-refractivity contribution in [2.45, 2.75) is 46.6 Å². The maximum Gasteiger partial charge on any atom is 0.226 e. The van der Waals surface area contributed by atoms with Crippen LogP contribution in [0.5, 0.6) is 0 Å². The van der Waals surface area contributed by atoms with Crippen molar-refractivity contribution in [3.63, 3.8) is 0 Å². The van der Waals surface area contributed by atoms with E-state index in [1.807, 2.05) is 7.05 Å². The Morgan fingerprint density at radius 3 is 1.89 bits per heavy atom. The lowest BCUT2D eigenvalue weighted by atomic mass is 10.0. The quantitative estimate of drug-likeness (QED) is 0.838. The minimum Gasteiger partial charge on any atom is -0.342 e. The molecule has 4 heteroatoms. The van der Waals surface area contributed by atoms with Crippen LogP contribution in [-0.2, 0) is 4.79 Å². The number of halogens is 1. The van der Waals surface area contributed by atoms with E-state index in [1.54, 1.807) is 0 Å². The highest BCUT2D eigenvalue weighted by Gasteiger charge is 2.68. The molecule has 1 heterocycles. The zero-order chi connectivity index (χ0) is 12.8. The molecule has 1 aliphatic carbocycles. The minimum atomic E-state index is 0. The van der Waals surface area contributed by atoms with Gasteiger partial charge in [-0.1, -0.05) is 27.7 Å². The van der Waals surface area contributed by atoms with Crippen molar-refractivity contribution in [3.05, 3.63) is 0 Å². The number of amides is 1. The zero-order valence-electron chi connectivity index (χ0n) is 12.2. The fourth-order valence-electron chi connectivity index (χ4n) is 3.38. The highest BCUT2D eigenvalue weighted by Crippen LogP contribution is 2.68. The second-order valence-electron chi connectivity index (χ2n) is 6.76. The molecule has 1 amide bonds. The van der Waals surface area contributed by atoms with Gasteiger partial charge in [0.1, 0.15) is 0 Å². The summed E-state index contributed by atoms with van der Waals surface area (Å²) in [7, 11) is 2.01. The van der Waals surface area contributed by atoms with E-state index in [9.17, 15) is 4.79 Å². The van der Waals surface area contributed by atoms with Gasteiger partial charge in [0.2, 0.25) is 5.91 Å². The Balaban J connectivity index is 0.00000162. The van der Waals surface area contributed by atoms with Crippen molar-refractivity contribution in [2.75, 3.05) is 20.1 Å². The third kappa shape index (κ3) is 2.27. The van der Waals surface area contributed by atoms with Crippen LogP contribution in [0.25, 0.3) is 0 Å². The lowest BCUT2D eigenvalue weighted by molar-refractivity contribution is -0.135. The van der Waals surface area contributed by atoms with Crippen LogP contribution in [0.2, 0.25) is 0 Å². The third-order valence-corrected chi connectivity index (χ3v) is 5.48. The Hall–Kier alpha value is -0.280. The predicted molar refractivity (Wildman–Crippen MR) is 77.0 cm³/mol. The predicted octanol–water partition coefficient (Wildman–Crippen LogP) is 2.30. The van der Waals surface area contributed by atoms with Gasteiger partial charge in [0, 0.05) is 25.0 Å². The summed E-state index contributed by atoms with van der Waals surface area (Å²) in [5.74, 6) is 0.607. The number of nitrogens with zero attached hydrogens (tertiary/aromatic N) is 1. The first-order valence-corrected chi connectivity index (χ1v) is 6.78. The van der Waals surface area contributed by atoms with E-state index in [1.165, 1.54) is 0 Å². The van der Waals surface area contributed by atoms with Crippen LogP contribution in [0.1, 0.15) is 40.5 Å². The molecule has 0 radical (unpaired) electrons. The van der Waals surface area contributed by atoms with Crippen LogP contribution in [-0.4, -0.2) is 37.0 Å². The van der Waals surface area contributed by atoms with E-state index >= 15 is 0 Å². The van der Waals surface area contributed by atoms with Gasteiger partial charge in [0.05, 0.1) is 0 Å². The van der Waals surface area contributed by atoms with E-state index in [0.717, 1.165) is 25.9 Å². The van der Waals surface area contributed by atoms with Crippen molar-refractivity contribution in [2.24, 2.45) is 16.7 Å². The Kier molecular flexibility index (Phi) is 4.39. The molecule has 0 unspecified atom stereocenters. The Labute approximate surface area is 117 Å². The maximum atomic E-state index is 12.5. The second kappa shape index (κ2) is 5.01. The molecule has 106 valence electrons. The molecule has 2 rings (SSSR count). The van der Waals surface area contributed by atoms with E-state index in [0.29, 0.717) is 11.9 Å². The molecule has 2 aliphatic rings. The molecule has 1 saturated carbocycles. The van der Waals surface area contributed by atoms with Crippen molar-refractivity contribution in [1.29, 1.82) is 0 Å². The summed E-state index contributed by atoms with van der Waals surface area (Å²) in [5.41, 5.74) is 0.341. The smallest absolute Gasteiger partial charge is 0.226 e. The number of hydrogen-bond acceptors (Lipinski definition) is 2. The van der Waals surface area contributed by atoms with Gasteiger partial charge in [0.25, 0.3) is 0 Å². The number of nitrogens with one attached hydrogen (secondary N) is 1. The fourth-order valence-corrected chi connectivity index (χ4v) is 3.38. The summed E-state index contributed by atoms with van der Waals surface area (Å²) in [6, 6.07) is 0.597. The van der Waals surface area contributed by atoms with Gasteiger partial charge in [-0.25, -0.2) is 0 Å². The molecular formula is C14H27ClN2O. The normalized spacial score (nSPS) is 26.6. The molecule has 0 atom stereocenters. The number of carbonyl (C=O) groups is 1. The van der Waals surface area contributed by atoms with Crippen LogP contribution >= 0.6 is 12.4 Å². The van der Waals surface area contributed by atoms with Gasteiger partial charge < -0.3 is 10.2 Å². The van der Waals surface area contributed by atoms with E-state index in [2.05, 4.69) is 37.9 Å². The van der Waals surface area contributed by atoms with Gasteiger partial charge in [-0.05, 0) is 30.7 Å². The van der Waals surface area contributed by atoms with Crippen LogP contribution in [0.3, 0.4) is 0 Å². The number of likely N-dealkylation sites (tertiary alicyclic amines) is 1. The fraction of sp³-hybridized carbons (Fsp3) is 0.929. The maximum absolute atomic E-state index is 12.5. The summed E-state index contributed by atoms with van der Waals surface area (Å²) in [6.45, 7) is 10.7. The Morgan fingerprint density at radius 2 is 1.56 bits per heavy atom. The van der Waals surface area contributed by atoms with Gasteiger partial charge in [-0.15, -0.1) is 12.4 Å². The average Bonchev–Trinajstić information content (AvgIpc) is 2.69. The first-order valence-electron chi connectivity index (χ1n) is 6.78. The van der Waals surface area contributed by atoms with Gasteiger partial charge in [0.15, 0.2) is 0 Å². The van der Waals surface area contributed by atoms with Gasteiger partial charge in [-0.3, -0.25) is 4.79 Å². The van der Waals surface area contributed by atoms with Crippen LogP contribution in [0.15, 0.2) is 0 Å². The summed E-state index contributed by atoms with van der Waals surface area (Å²) < 4.78 is 0. The van der Waals surface area contributed by atoms with Crippen molar-refractivity contribution < 1.29 is 4.79 Å². The van der Waals surface area contributed by atoms with Crippen LogP contribution in [0, 0.1) is 16.7 Å². The molecule has 0 bridgehead atoms. The topological polar surface area (TPSA) is 32.3 Å². The number of rotatable bonds is 2. The molecule has 18 heavy (non-hydrogen) atoms. The highest BCUT2D eigenvalue weighted by molar-refractivity contribution is 5.85. The molecule has 0 spiro atoms. The Bertz CT molecular complexity index is 306. The molecule has 0 aromatic heterocycles. The summed E-state index contributed by atoms with van der Waals surface area (Å²) in [6.07, 6.45) is 2.19. The number of carbonyl (C=O) groups excluding carboxylic acids is 1. The van der Waals surface area contributed by atoms with E-state index in [4.69, 9.17) is 0 Å². The molecule has 1 aliphatic heterocycles. The third-order valence-electron chi connectivity index (χ3n) is 5.48. The second-order valence-corrected chi connectivity index (χ2v) is 6.76. The average molecular weight is 275 g/mol.